The van der Waals surface area contributed by atoms with Gasteiger partial charge in [-0.2, -0.15) is 0 Å². The quantitative estimate of drug-likeness (QED) is 0.619. The Labute approximate surface area is 183 Å². The van der Waals surface area contributed by atoms with Crippen LogP contribution in [0.3, 0.4) is 0 Å². The van der Waals surface area contributed by atoms with E-state index in [1.165, 1.54) is 31.4 Å². The SMILES string of the molecule is COC(=O)c1ccc(NC(=O)COC(=O)[C@@H]2CC(=O)N(NC(=O)c3ccccc3)C2)cc1. The number of nitrogens with one attached hydrogen (secondary N) is 2. The minimum atomic E-state index is -0.800. The number of hydrogen-bond donors (Lipinski definition) is 2. The number of amides is 3. The molecule has 166 valence electrons. The maximum Gasteiger partial charge on any atom is 0.337 e. The van der Waals surface area contributed by atoms with Crippen LogP contribution < -0.4 is 10.7 Å². The highest BCUT2D eigenvalue weighted by Gasteiger charge is 2.36. The molecule has 0 unspecified atom stereocenters. The Morgan fingerprint density at radius 2 is 1.69 bits per heavy atom. The van der Waals surface area contributed by atoms with Gasteiger partial charge in [0.05, 0.1) is 25.1 Å². The van der Waals surface area contributed by atoms with E-state index in [0.29, 0.717) is 16.8 Å². The third-order valence-corrected chi connectivity index (χ3v) is 4.67. The average molecular weight is 439 g/mol. The van der Waals surface area contributed by atoms with Crippen LogP contribution >= 0.6 is 0 Å². The first-order chi connectivity index (χ1) is 15.4. The lowest BCUT2D eigenvalue weighted by Gasteiger charge is -2.17. The fourth-order valence-corrected chi connectivity index (χ4v) is 3.01. The lowest BCUT2D eigenvalue weighted by molar-refractivity contribution is -0.151. The molecule has 32 heavy (non-hydrogen) atoms. The predicted octanol–water partition coefficient (Wildman–Crippen LogP) is 1.15. The molecule has 3 amide bonds. The van der Waals surface area contributed by atoms with Crippen LogP contribution in [-0.2, 0) is 23.9 Å². The maximum atomic E-state index is 12.3. The molecule has 0 spiro atoms. The van der Waals surface area contributed by atoms with Gasteiger partial charge in [-0.25, -0.2) is 4.79 Å². The Bertz CT molecular complexity index is 1020. The van der Waals surface area contributed by atoms with Gasteiger partial charge in [-0.1, -0.05) is 18.2 Å². The first-order valence-corrected chi connectivity index (χ1v) is 9.68. The van der Waals surface area contributed by atoms with Gasteiger partial charge in [0.25, 0.3) is 11.8 Å². The highest BCUT2D eigenvalue weighted by atomic mass is 16.5. The number of esters is 2. The van der Waals surface area contributed by atoms with Crippen LogP contribution in [0.4, 0.5) is 5.69 Å². The summed E-state index contributed by atoms with van der Waals surface area (Å²) < 4.78 is 9.60. The molecule has 2 aromatic rings. The summed E-state index contributed by atoms with van der Waals surface area (Å²) in [6.07, 6.45) is -0.134. The van der Waals surface area contributed by atoms with Crippen LogP contribution in [0.2, 0.25) is 0 Å². The van der Waals surface area contributed by atoms with Crippen molar-refractivity contribution in [1.29, 1.82) is 0 Å². The molecule has 2 N–H and O–H groups in total. The number of methoxy groups -OCH3 is 1. The van der Waals surface area contributed by atoms with Crippen molar-refractivity contribution in [2.45, 2.75) is 6.42 Å². The minimum absolute atomic E-state index is 0.0488. The second-order valence-corrected chi connectivity index (χ2v) is 6.94. The molecule has 1 saturated heterocycles. The summed E-state index contributed by atoms with van der Waals surface area (Å²) in [5.74, 6) is -3.49. The number of nitrogens with zero attached hydrogens (tertiary/aromatic N) is 1. The number of carbonyl (C=O) groups excluding carboxylic acids is 5. The summed E-state index contributed by atoms with van der Waals surface area (Å²) in [5.41, 5.74) is 3.58. The van der Waals surface area contributed by atoms with Crippen LogP contribution in [-0.4, -0.2) is 54.9 Å². The fraction of sp³-hybridized carbons (Fsp3) is 0.227. The molecular weight excluding hydrogens is 418 g/mol. The van der Waals surface area contributed by atoms with Gasteiger partial charge in [0.15, 0.2) is 6.61 Å². The van der Waals surface area contributed by atoms with E-state index in [4.69, 9.17) is 4.74 Å². The predicted molar refractivity (Wildman–Crippen MR) is 111 cm³/mol. The number of hydrazine groups is 1. The number of rotatable bonds is 7. The van der Waals surface area contributed by atoms with Gasteiger partial charge in [0.1, 0.15) is 0 Å². The van der Waals surface area contributed by atoms with Gasteiger partial charge in [-0.15, -0.1) is 0 Å². The first kappa shape index (κ1) is 22.5. The molecule has 3 rings (SSSR count). The zero-order valence-corrected chi connectivity index (χ0v) is 17.2. The number of hydrogen-bond acceptors (Lipinski definition) is 7. The molecule has 0 aromatic heterocycles. The van der Waals surface area contributed by atoms with Gasteiger partial charge in [0, 0.05) is 17.7 Å². The third-order valence-electron chi connectivity index (χ3n) is 4.67. The Kier molecular flexibility index (Phi) is 7.17. The van der Waals surface area contributed by atoms with Crippen LogP contribution in [0.15, 0.2) is 54.6 Å². The second-order valence-electron chi connectivity index (χ2n) is 6.94. The molecule has 10 nitrogen and oxygen atoms in total. The molecule has 1 heterocycles. The molecule has 0 radical (unpaired) electrons. The highest BCUT2D eigenvalue weighted by Crippen LogP contribution is 2.18. The van der Waals surface area contributed by atoms with Crippen molar-refractivity contribution in [2.75, 3.05) is 25.6 Å². The summed E-state index contributed by atoms with van der Waals surface area (Å²) in [7, 11) is 1.26. The lowest BCUT2D eigenvalue weighted by atomic mass is 10.1. The number of carbonyl (C=O) groups is 5. The van der Waals surface area contributed by atoms with E-state index in [2.05, 4.69) is 15.5 Å². The monoisotopic (exact) mass is 439 g/mol. The molecule has 2 aromatic carbocycles. The highest BCUT2D eigenvalue weighted by molar-refractivity contribution is 5.97. The lowest BCUT2D eigenvalue weighted by Crippen LogP contribution is -2.43. The number of anilines is 1. The van der Waals surface area contributed by atoms with Crippen molar-refractivity contribution in [3.05, 3.63) is 65.7 Å². The van der Waals surface area contributed by atoms with Crippen molar-refractivity contribution in [3.63, 3.8) is 0 Å². The van der Waals surface area contributed by atoms with E-state index in [1.807, 2.05) is 0 Å². The second kappa shape index (κ2) is 10.2. The third kappa shape index (κ3) is 5.69. The molecule has 0 aliphatic carbocycles. The normalized spacial score (nSPS) is 15.1. The van der Waals surface area contributed by atoms with Gasteiger partial charge >= 0.3 is 11.9 Å². The van der Waals surface area contributed by atoms with Crippen LogP contribution in [0.1, 0.15) is 27.1 Å². The smallest absolute Gasteiger partial charge is 0.337 e. The maximum absolute atomic E-state index is 12.3. The van der Waals surface area contributed by atoms with Crippen molar-refractivity contribution in [2.24, 2.45) is 5.92 Å². The van der Waals surface area contributed by atoms with Gasteiger partial charge in [0.2, 0.25) is 5.91 Å². The number of ether oxygens (including phenoxy) is 2. The van der Waals surface area contributed by atoms with Gasteiger partial charge in [-0.3, -0.25) is 29.6 Å². The average Bonchev–Trinajstić information content (AvgIpc) is 3.18. The standard InChI is InChI=1S/C22H21N3O7/c1-31-21(29)15-7-9-17(10-8-15)23-18(26)13-32-22(30)16-11-19(27)25(12-16)24-20(28)14-5-3-2-4-6-14/h2-10,16H,11-13H2,1H3,(H,23,26)(H,24,28)/t16-/m1/s1. The van der Waals surface area contributed by atoms with E-state index in [-0.39, 0.29) is 13.0 Å². The first-order valence-electron chi connectivity index (χ1n) is 9.68. The van der Waals surface area contributed by atoms with E-state index in [0.717, 1.165) is 5.01 Å². The Balaban J connectivity index is 1.45. The Morgan fingerprint density at radius 1 is 1.00 bits per heavy atom. The molecule has 1 aliphatic rings. The van der Waals surface area contributed by atoms with Crippen LogP contribution in [0.25, 0.3) is 0 Å². The summed E-state index contributed by atoms with van der Waals surface area (Å²) in [4.78, 5) is 60.0. The van der Waals surface area contributed by atoms with Crippen molar-refractivity contribution >= 4 is 35.3 Å². The fourth-order valence-electron chi connectivity index (χ4n) is 3.01. The summed E-state index contributed by atoms with van der Waals surface area (Å²) in [5, 5.41) is 3.60. The molecular formula is C22H21N3O7. The topological polar surface area (TPSA) is 131 Å². The van der Waals surface area contributed by atoms with Gasteiger partial charge in [-0.05, 0) is 36.4 Å². The number of benzene rings is 2. The van der Waals surface area contributed by atoms with Crippen molar-refractivity contribution < 1.29 is 33.4 Å². The zero-order valence-electron chi connectivity index (χ0n) is 17.2. The zero-order chi connectivity index (χ0) is 23.1. The van der Waals surface area contributed by atoms with Crippen molar-refractivity contribution in [1.82, 2.24) is 10.4 Å². The summed E-state index contributed by atoms with van der Waals surface area (Å²) >= 11 is 0. The molecule has 1 atom stereocenters. The Morgan fingerprint density at radius 3 is 2.34 bits per heavy atom. The molecule has 1 aliphatic heterocycles. The largest absolute Gasteiger partial charge is 0.465 e. The van der Waals surface area contributed by atoms with Crippen LogP contribution in [0, 0.1) is 5.92 Å². The summed E-state index contributed by atoms with van der Waals surface area (Å²) in [6, 6.07) is 14.3. The van der Waals surface area contributed by atoms with Crippen LogP contribution in [0.5, 0.6) is 0 Å². The Hall–Kier alpha value is -4.21. The van der Waals surface area contributed by atoms with E-state index < -0.39 is 42.2 Å². The summed E-state index contributed by atoms with van der Waals surface area (Å²) in [6.45, 7) is -0.592. The molecule has 1 fully saturated rings. The van der Waals surface area contributed by atoms with E-state index >= 15 is 0 Å². The molecule has 0 saturated carbocycles. The molecule has 10 heteroatoms. The molecule has 0 bridgehead atoms. The van der Waals surface area contributed by atoms with Gasteiger partial charge < -0.3 is 14.8 Å². The van der Waals surface area contributed by atoms with E-state index in [1.54, 1.807) is 30.3 Å². The minimum Gasteiger partial charge on any atom is -0.465 e. The van der Waals surface area contributed by atoms with Crippen molar-refractivity contribution in [3.8, 4) is 0 Å². The van der Waals surface area contributed by atoms with E-state index in [9.17, 15) is 24.0 Å².